The monoisotopic (exact) mass is 530 g/mol. The Morgan fingerprint density at radius 2 is 1.97 bits per heavy atom. The molecule has 0 radical (unpaired) electrons. The predicted molar refractivity (Wildman–Crippen MR) is 144 cm³/mol. The molecule has 1 fully saturated rings. The van der Waals surface area contributed by atoms with Crippen LogP contribution in [0.15, 0.2) is 73.2 Å². The second-order valence-corrected chi connectivity index (χ2v) is 9.38. The zero-order valence-electron chi connectivity index (χ0n) is 21.5. The summed E-state index contributed by atoms with van der Waals surface area (Å²) in [6, 6.07) is 18.3. The van der Waals surface area contributed by atoms with Gasteiger partial charge in [-0.25, -0.2) is 14.3 Å². The third-order valence-electron chi connectivity index (χ3n) is 6.79. The van der Waals surface area contributed by atoms with Crippen LogP contribution in [0.4, 0.5) is 16.3 Å². The topological polar surface area (TPSA) is 130 Å². The van der Waals surface area contributed by atoms with E-state index >= 15 is 0 Å². The number of aliphatic carboxylic acids is 1. The van der Waals surface area contributed by atoms with Gasteiger partial charge in [0.15, 0.2) is 5.82 Å². The van der Waals surface area contributed by atoms with Crippen molar-refractivity contribution in [1.29, 1.82) is 0 Å². The normalized spacial score (nSPS) is 17.5. The number of methoxy groups -OCH3 is 1. The summed E-state index contributed by atoms with van der Waals surface area (Å²) in [5, 5.41) is 20.4. The summed E-state index contributed by atoms with van der Waals surface area (Å²) in [5.74, 6) is -0.382. The SMILES string of the molecule is COc1cccc(Nc2ncnn3ccc(CN4CCC(NC(=O)OCc5ccccc5)[C@@H](C(=O)O)C4)c23)c1. The Labute approximate surface area is 225 Å². The first kappa shape index (κ1) is 26.0. The van der Waals surface area contributed by atoms with E-state index in [0.29, 0.717) is 25.3 Å². The lowest BCUT2D eigenvalue weighted by Gasteiger charge is -2.36. The zero-order chi connectivity index (χ0) is 27.2. The highest BCUT2D eigenvalue weighted by Crippen LogP contribution is 2.27. The second-order valence-electron chi connectivity index (χ2n) is 9.38. The molecule has 0 bridgehead atoms. The quantitative estimate of drug-likeness (QED) is 0.297. The minimum absolute atomic E-state index is 0.124. The molecular formula is C28H30N6O5. The molecule has 0 spiro atoms. The summed E-state index contributed by atoms with van der Waals surface area (Å²) in [7, 11) is 1.61. The summed E-state index contributed by atoms with van der Waals surface area (Å²) in [6.45, 7) is 1.52. The minimum atomic E-state index is -0.960. The lowest BCUT2D eigenvalue weighted by atomic mass is 9.92. The van der Waals surface area contributed by atoms with Crippen molar-refractivity contribution < 1.29 is 24.2 Å². The average molecular weight is 531 g/mol. The molecule has 1 amide bonds. The smallest absolute Gasteiger partial charge is 0.407 e. The van der Waals surface area contributed by atoms with Crippen LogP contribution in [0, 0.1) is 5.92 Å². The van der Waals surface area contributed by atoms with Crippen molar-refractivity contribution in [1.82, 2.24) is 24.8 Å². The maximum absolute atomic E-state index is 12.4. The molecule has 0 saturated carbocycles. The first-order valence-corrected chi connectivity index (χ1v) is 12.6. The van der Waals surface area contributed by atoms with Gasteiger partial charge in [-0.15, -0.1) is 0 Å². The summed E-state index contributed by atoms with van der Waals surface area (Å²) >= 11 is 0. The molecule has 1 saturated heterocycles. The molecule has 3 N–H and O–H groups in total. The maximum atomic E-state index is 12.4. The molecule has 2 aromatic heterocycles. The van der Waals surface area contributed by atoms with Crippen molar-refractivity contribution in [2.24, 2.45) is 5.92 Å². The highest BCUT2D eigenvalue weighted by atomic mass is 16.5. The van der Waals surface area contributed by atoms with Crippen molar-refractivity contribution in [2.45, 2.75) is 25.6 Å². The van der Waals surface area contributed by atoms with Crippen LogP contribution in [0.25, 0.3) is 5.52 Å². The van der Waals surface area contributed by atoms with Gasteiger partial charge in [-0.2, -0.15) is 5.10 Å². The Morgan fingerprint density at radius 1 is 1.13 bits per heavy atom. The number of carboxylic acid groups (broad SMARTS) is 1. The van der Waals surface area contributed by atoms with Crippen molar-refractivity contribution in [3.63, 3.8) is 0 Å². The van der Waals surface area contributed by atoms with E-state index in [4.69, 9.17) is 9.47 Å². The highest BCUT2D eigenvalue weighted by Gasteiger charge is 2.36. The number of anilines is 2. The fourth-order valence-electron chi connectivity index (χ4n) is 4.82. The van der Waals surface area contributed by atoms with Crippen LogP contribution in [0.5, 0.6) is 5.75 Å². The number of hydrogen-bond acceptors (Lipinski definition) is 8. The molecule has 11 nitrogen and oxygen atoms in total. The van der Waals surface area contributed by atoms with Crippen LogP contribution < -0.4 is 15.4 Å². The number of likely N-dealkylation sites (tertiary alicyclic amines) is 1. The van der Waals surface area contributed by atoms with E-state index in [0.717, 1.165) is 28.1 Å². The van der Waals surface area contributed by atoms with Gasteiger partial charge in [-0.1, -0.05) is 36.4 Å². The minimum Gasteiger partial charge on any atom is -0.497 e. The second kappa shape index (κ2) is 11.8. The van der Waals surface area contributed by atoms with E-state index in [1.165, 1.54) is 6.33 Å². The average Bonchev–Trinajstić information content (AvgIpc) is 3.37. The third-order valence-corrected chi connectivity index (χ3v) is 6.79. The summed E-state index contributed by atoms with van der Waals surface area (Å²) in [4.78, 5) is 31.1. The Morgan fingerprint density at radius 3 is 2.77 bits per heavy atom. The van der Waals surface area contributed by atoms with Gasteiger partial charge in [0.2, 0.25) is 0 Å². The molecule has 1 aliphatic rings. The van der Waals surface area contributed by atoms with Gasteiger partial charge in [0.05, 0.1) is 13.0 Å². The van der Waals surface area contributed by atoms with Gasteiger partial charge in [0, 0.05) is 43.6 Å². The van der Waals surface area contributed by atoms with Crippen molar-refractivity contribution >= 4 is 29.1 Å². The maximum Gasteiger partial charge on any atom is 0.407 e. The summed E-state index contributed by atoms with van der Waals surface area (Å²) in [5.41, 5.74) is 3.44. The Kier molecular flexibility index (Phi) is 7.88. The fraction of sp³-hybridized carbons (Fsp3) is 0.286. The zero-order valence-corrected chi connectivity index (χ0v) is 21.5. The van der Waals surface area contributed by atoms with Crippen LogP contribution >= 0.6 is 0 Å². The molecule has 202 valence electrons. The Hall–Kier alpha value is -4.64. The number of ether oxygens (including phenoxy) is 2. The van der Waals surface area contributed by atoms with Crippen LogP contribution in [0.1, 0.15) is 17.5 Å². The van der Waals surface area contributed by atoms with E-state index in [-0.39, 0.29) is 13.2 Å². The number of nitrogens with one attached hydrogen (secondary N) is 2. The standard InChI is InChI=1S/C28H30N6O5/c1-38-22-9-5-8-21(14-22)31-26-25-20(10-13-34(25)30-18-29-26)15-33-12-11-24(23(16-33)27(35)36)32-28(37)39-17-19-6-3-2-4-7-19/h2-10,13-14,18,23-24H,11-12,15-17H2,1H3,(H,32,37)(H,35,36)(H,29,30,31)/t23-,24?/m0/s1. The number of fused-ring (bicyclic) bond motifs is 1. The molecule has 1 aliphatic heterocycles. The lowest BCUT2D eigenvalue weighted by Crippen LogP contribution is -2.53. The van der Waals surface area contributed by atoms with E-state index in [2.05, 4.69) is 25.6 Å². The van der Waals surface area contributed by atoms with Gasteiger partial charge in [-0.05, 0) is 35.7 Å². The van der Waals surface area contributed by atoms with Crippen LogP contribution in [-0.4, -0.2) is 62.9 Å². The predicted octanol–water partition coefficient (Wildman–Crippen LogP) is 3.68. The highest BCUT2D eigenvalue weighted by molar-refractivity contribution is 5.77. The molecule has 2 atom stereocenters. The molecule has 11 heteroatoms. The van der Waals surface area contributed by atoms with Gasteiger partial charge in [-0.3, -0.25) is 9.69 Å². The molecule has 0 aliphatic carbocycles. The number of piperidine rings is 1. The summed E-state index contributed by atoms with van der Waals surface area (Å²) < 4.78 is 12.4. The Balaban J connectivity index is 1.25. The Bertz CT molecular complexity index is 1440. The van der Waals surface area contributed by atoms with Crippen molar-refractivity contribution in [3.8, 4) is 5.75 Å². The number of nitrogens with zero attached hydrogens (tertiary/aromatic N) is 4. The van der Waals surface area contributed by atoms with Crippen LogP contribution in [-0.2, 0) is 22.7 Å². The van der Waals surface area contributed by atoms with Gasteiger partial charge in [0.1, 0.15) is 24.2 Å². The number of aromatic nitrogens is 3. The number of amides is 1. The first-order valence-electron chi connectivity index (χ1n) is 12.6. The number of carbonyl (C=O) groups is 2. The molecule has 2 aromatic carbocycles. The number of carboxylic acids is 1. The van der Waals surface area contributed by atoms with E-state index < -0.39 is 24.0 Å². The number of hydrogen-bond donors (Lipinski definition) is 3. The van der Waals surface area contributed by atoms with E-state index in [9.17, 15) is 14.7 Å². The molecule has 4 aromatic rings. The number of benzene rings is 2. The van der Waals surface area contributed by atoms with Crippen LogP contribution in [0.3, 0.4) is 0 Å². The molecule has 39 heavy (non-hydrogen) atoms. The molecule has 5 rings (SSSR count). The van der Waals surface area contributed by atoms with Crippen molar-refractivity contribution in [2.75, 3.05) is 25.5 Å². The largest absolute Gasteiger partial charge is 0.497 e. The number of alkyl carbamates (subject to hydrolysis) is 1. The van der Waals surface area contributed by atoms with E-state index in [1.807, 2.05) is 66.9 Å². The molecular weight excluding hydrogens is 500 g/mol. The molecule has 3 heterocycles. The summed E-state index contributed by atoms with van der Waals surface area (Å²) in [6.07, 6.45) is 3.20. The number of rotatable bonds is 9. The van der Waals surface area contributed by atoms with Gasteiger partial charge in [0.25, 0.3) is 0 Å². The fourth-order valence-corrected chi connectivity index (χ4v) is 4.82. The molecule has 1 unspecified atom stereocenters. The van der Waals surface area contributed by atoms with Gasteiger partial charge < -0.3 is 25.2 Å². The third kappa shape index (κ3) is 6.27. The van der Waals surface area contributed by atoms with Crippen LogP contribution in [0.2, 0.25) is 0 Å². The van der Waals surface area contributed by atoms with E-state index in [1.54, 1.807) is 11.6 Å². The van der Waals surface area contributed by atoms with Crippen molar-refractivity contribution in [3.05, 3.63) is 84.3 Å². The first-order chi connectivity index (χ1) is 19.0. The number of carbonyl (C=O) groups excluding carboxylic acids is 1. The van der Waals surface area contributed by atoms with Gasteiger partial charge >= 0.3 is 12.1 Å². The lowest BCUT2D eigenvalue weighted by molar-refractivity contribution is -0.144.